The van der Waals surface area contributed by atoms with Gasteiger partial charge in [0.25, 0.3) is 5.56 Å². The Kier molecular flexibility index (Phi) is 4.36. The van der Waals surface area contributed by atoms with Gasteiger partial charge in [0, 0.05) is 49.4 Å². The SMILES string of the molecule is Cc1cc(C)nc(N2CC3CN(c4nc(C(C)C)c(F)c(=O)[nH]4)CC3C2)n1. The molecule has 0 saturated carbocycles. The number of halogens is 1. The van der Waals surface area contributed by atoms with Crippen molar-refractivity contribution in [1.82, 2.24) is 19.9 Å². The summed E-state index contributed by atoms with van der Waals surface area (Å²) in [4.78, 5) is 32.4. The Hall–Kier alpha value is -2.51. The van der Waals surface area contributed by atoms with Gasteiger partial charge in [-0.25, -0.2) is 15.0 Å². The third kappa shape index (κ3) is 3.28. The fourth-order valence-corrected chi connectivity index (χ4v) is 4.17. The number of rotatable bonds is 3. The molecule has 0 spiro atoms. The Bertz CT molecular complexity index is 893. The molecule has 0 amide bonds. The molecule has 4 rings (SSSR count). The van der Waals surface area contributed by atoms with E-state index in [9.17, 15) is 9.18 Å². The molecule has 4 heterocycles. The average Bonchev–Trinajstić information content (AvgIpc) is 3.15. The van der Waals surface area contributed by atoms with Crippen LogP contribution in [-0.4, -0.2) is 46.1 Å². The molecule has 2 fully saturated rings. The van der Waals surface area contributed by atoms with Crippen LogP contribution in [0.25, 0.3) is 0 Å². The highest BCUT2D eigenvalue weighted by Gasteiger charge is 2.41. The molecular weight excluding hydrogens is 347 g/mol. The second kappa shape index (κ2) is 6.58. The lowest BCUT2D eigenvalue weighted by Crippen LogP contribution is -2.32. The van der Waals surface area contributed by atoms with Crippen LogP contribution >= 0.6 is 0 Å². The summed E-state index contributed by atoms with van der Waals surface area (Å²) in [6.07, 6.45) is 0. The van der Waals surface area contributed by atoms with E-state index >= 15 is 0 Å². The number of hydrogen-bond donors (Lipinski definition) is 1. The summed E-state index contributed by atoms with van der Waals surface area (Å²) in [5.41, 5.74) is 1.50. The van der Waals surface area contributed by atoms with E-state index in [1.54, 1.807) is 0 Å². The Morgan fingerprint density at radius 2 is 1.59 bits per heavy atom. The van der Waals surface area contributed by atoms with E-state index in [2.05, 4.69) is 29.7 Å². The van der Waals surface area contributed by atoms with Crippen LogP contribution < -0.4 is 15.4 Å². The van der Waals surface area contributed by atoms with E-state index in [4.69, 9.17) is 0 Å². The maximum Gasteiger partial charge on any atom is 0.288 e. The third-order valence-corrected chi connectivity index (χ3v) is 5.46. The van der Waals surface area contributed by atoms with Gasteiger partial charge in [-0.3, -0.25) is 9.78 Å². The van der Waals surface area contributed by atoms with E-state index in [0.717, 1.165) is 43.5 Å². The number of aromatic amines is 1. The molecule has 0 aliphatic carbocycles. The number of hydrogen-bond acceptors (Lipinski definition) is 6. The Morgan fingerprint density at radius 1 is 1.04 bits per heavy atom. The van der Waals surface area contributed by atoms with E-state index < -0.39 is 11.4 Å². The van der Waals surface area contributed by atoms with Gasteiger partial charge in [0.05, 0.1) is 5.69 Å². The number of anilines is 2. The lowest BCUT2D eigenvalue weighted by molar-refractivity contribution is 0.533. The van der Waals surface area contributed by atoms with Gasteiger partial charge in [0.1, 0.15) is 0 Å². The van der Waals surface area contributed by atoms with Gasteiger partial charge in [-0.05, 0) is 25.8 Å². The predicted molar refractivity (Wildman–Crippen MR) is 102 cm³/mol. The zero-order valence-corrected chi connectivity index (χ0v) is 16.2. The summed E-state index contributed by atoms with van der Waals surface area (Å²) in [6, 6.07) is 1.98. The minimum Gasteiger partial charge on any atom is -0.342 e. The minimum atomic E-state index is -0.772. The van der Waals surface area contributed by atoms with Crippen LogP contribution in [0.5, 0.6) is 0 Å². The largest absolute Gasteiger partial charge is 0.342 e. The van der Waals surface area contributed by atoms with E-state index in [1.807, 2.05) is 33.8 Å². The summed E-state index contributed by atoms with van der Waals surface area (Å²) in [7, 11) is 0. The summed E-state index contributed by atoms with van der Waals surface area (Å²) in [5.74, 6) is 1.27. The van der Waals surface area contributed by atoms with Crippen molar-refractivity contribution in [3.8, 4) is 0 Å². The number of aryl methyl sites for hydroxylation is 2. The third-order valence-electron chi connectivity index (χ3n) is 5.46. The highest BCUT2D eigenvalue weighted by atomic mass is 19.1. The first-order valence-electron chi connectivity index (χ1n) is 9.43. The van der Waals surface area contributed by atoms with E-state index in [0.29, 0.717) is 17.8 Å². The highest BCUT2D eigenvalue weighted by molar-refractivity contribution is 5.39. The Balaban J connectivity index is 1.51. The lowest BCUT2D eigenvalue weighted by atomic mass is 10.0. The summed E-state index contributed by atoms with van der Waals surface area (Å²) >= 11 is 0. The molecule has 0 bridgehead atoms. The van der Waals surface area contributed by atoms with Gasteiger partial charge in [-0.1, -0.05) is 13.8 Å². The highest BCUT2D eigenvalue weighted by Crippen LogP contribution is 2.34. The molecule has 2 aromatic rings. The fraction of sp³-hybridized carbons (Fsp3) is 0.579. The molecular formula is C19H25FN6O. The minimum absolute atomic E-state index is 0.134. The van der Waals surface area contributed by atoms with Crippen molar-refractivity contribution in [1.29, 1.82) is 0 Å². The molecule has 0 radical (unpaired) electrons. The van der Waals surface area contributed by atoms with Crippen molar-refractivity contribution in [2.45, 2.75) is 33.6 Å². The van der Waals surface area contributed by atoms with Crippen molar-refractivity contribution < 1.29 is 4.39 Å². The lowest BCUT2D eigenvalue weighted by Gasteiger charge is -2.23. The first-order valence-corrected chi connectivity index (χ1v) is 9.43. The summed E-state index contributed by atoms with van der Waals surface area (Å²) in [5, 5.41) is 0. The topological polar surface area (TPSA) is 78.0 Å². The van der Waals surface area contributed by atoms with Crippen LogP contribution in [-0.2, 0) is 0 Å². The molecule has 144 valence electrons. The van der Waals surface area contributed by atoms with Gasteiger partial charge < -0.3 is 9.80 Å². The molecule has 2 aliphatic heterocycles. The number of aromatic nitrogens is 4. The second-order valence-corrected chi connectivity index (χ2v) is 8.02. The Labute approximate surface area is 157 Å². The van der Waals surface area contributed by atoms with Gasteiger partial charge in [0.2, 0.25) is 17.7 Å². The molecule has 7 nitrogen and oxygen atoms in total. The maximum atomic E-state index is 14.0. The zero-order chi connectivity index (χ0) is 19.3. The first kappa shape index (κ1) is 17.9. The van der Waals surface area contributed by atoms with Gasteiger partial charge in [-0.15, -0.1) is 0 Å². The summed E-state index contributed by atoms with van der Waals surface area (Å²) < 4.78 is 14.0. The number of H-pyrrole nitrogens is 1. The average molecular weight is 372 g/mol. The fourth-order valence-electron chi connectivity index (χ4n) is 4.17. The van der Waals surface area contributed by atoms with Crippen LogP contribution in [0.15, 0.2) is 10.9 Å². The van der Waals surface area contributed by atoms with Crippen molar-refractivity contribution in [3.05, 3.63) is 39.3 Å². The number of nitrogens with zero attached hydrogens (tertiary/aromatic N) is 5. The van der Waals surface area contributed by atoms with E-state index in [1.165, 1.54) is 0 Å². The normalized spacial score (nSPS) is 22.0. The van der Waals surface area contributed by atoms with Crippen LogP contribution in [0.4, 0.5) is 16.3 Å². The smallest absolute Gasteiger partial charge is 0.288 e. The van der Waals surface area contributed by atoms with E-state index in [-0.39, 0.29) is 11.6 Å². The Morgan fingerprint density at radius 3 is 2.15 bits per heavy atom. The molecule has 1 N–H and O–H groups in total. The molecule has 2 saturated heterocycles. The molecule has 2 atom stereocenters. The molecule has 8 heteroatoms. The predicted octanol–water partition coefficient (Wildman–Crippen LogP) is 2.01. The van der Waals surface area contributed by atoms with Crippen LogP contribution in [0.1, 0.15) is 36.8 Å². The summed E-state index contributed by atoms with van der Waals surface area (Å²) in [6.45, 7) is 11.0. The molecule has 27 heavy (non-hydrogen) atoms. The maximum absolute atomic E-state index is 14.0. The molecule has 2 unspecified atom stereocenters. The molecule has 2 aromatic heterocycles. The van der Waals surface area contributed by atoms with Gasteiger partial charge >= 0.3 is 0 Å². The van der Waals surface area contributed by atoms with Crippen molar-refractivity contribution in [2.24, 2.45) is 11.8 Å². The van der Waals surface area contributed by atoms with Crippen LogP contribution in [0, 0.1) is 31.5 Å². The quantitative estimate of drug-likeness (QED) is 0.888. The number of nitrogens with one attached hydrogen (secondary N) is 1. The second-order valence-electron chi connectivity index (χ2n) is 8.02. The standard InChI is InChI=1S/C19H25FN6O/c1-10(2)16-15(20)17(27)24-19(23-16)26-8-13-6-25(7-14(13)9-26)18-21-11(3)5-12(4)22-18/h5,10,13-14H,6-9H2,1-4H3,(H,23,24,27). The zero-order valence-electron chi connectivity index (χ0n) is 16.2. The first-order chi connectivity index (χ1) is 12.8. The number of fused-ring (bicyclic) bond motifs is 1. The molecule has 2 aliphatic rings. The monoisotopic (exact) mass is 372 g/mol. The van der Waals surface area contributed by atoms with Gasteiger partial charge in [-0.2, -0.15) is 4.39 Å². The van der Waals surface area contributed by atoms with Crippen LogP contribution in [0.2, 0.25) is 0 Å². The van der Waals surface area contributed by atoms with Gasteiger partial charge in [0.15, 0.2) is 0 Å². The van der Waals surface area contributed by atoms with Crippen molar-refractivity contribution >= 4 is 11.9 Å². The van der Waals surface area contributed by atoms with Crippen molar-refractivity contribution in [3.63, 3.8) is 0 Å². The molecule has 0 aromatic carbocycles. The van der Waals surface area contributed by atoms with Crippen LogP contribution in [0.3, 0.4) is 0 Å². The van der Waals surface area contributed by atoms with Crippen molar-refractivity contribution in [2.75, 3.05) is 36.0 Å².